The third kappa shape index (κ3) is 9.14. The summed E-state index contributed by atoms with van der Waals surface area (Å²) in [6, 6.07) is 9.11. The summed E-state index contributed by atoms with van der Waals surface area (Å²) >= 11 is 0. The first-order valence-electron chi connectivity index (χ1n) is 17.5. The predicted molar refractivity (Wildman–Crippen MR) is 182 cm³/mol. The number of dihydropyridines is 1. The molecule has 9 N–H and O–H groups in total. The molecule has 9 nitrogen and oxygen atoms in total. The lowest BCUT2D eigenvalue weighted by Gasteiger charge is -2.42. The second kappa shape index (κ2) is 16.6. The maximum absolute atomic E-state index is 11.3. The number of hydrogen-bond acceptors (Lipinski definition) is 8. The third-order valence-corrected chi connectivity index (χ3v) is 10.4. The van der Waals surface area contributed by atoms with Gasteiger partial charge in [-0.05, 0) is 98.8 Å². The number of aromatic hydroxyl groups is 1. The molecule has 2 aliphatic carbocycles. The standard InChI is InChI=1S/C38H53N3O6/c1-2-24-7-3-4-11-31(42)29(10-5-8-24)32(43)15-12-25-13-16-33(44)35(21-25)47-38-28(14-17-34(45)37(38)46)30(23-27-9-6-19-40-27)26-18-20-41-36(39)22-26/h6,9,13,16,18-19,21-22,24,28-32,34,37-38,40-46H,2-4,7,10-12,14-15,17,20,23,39H2,1H3/t24-,28+,29+,30-,31+,32-,34+,37+,38+/m1/s1. The Kier molecular flexibility index (Phi) is 12.3. The van der Waals surface area contributed by atoms with Gasteiger partial charge in [0.15, 0.2) is 11.5 Å². The van der Waals surface area contributed by atoms with Crippen LogP contribution in [-0.2, 0) is 12.8 Å². The van der Waals surface area contributed by atoms with E-state index in [0.717, 1.165) is 42.5 Å². The Labute approximate surface area is 278 Å². The highest BCUT2D eigenvalue weighted by molar-refractivity contribution is 5.42. The highest BCUT2D eigenvalue weighted by Crippen LogP contribution is 2.41. The van der Waals surface area contributed by atoms with E-state index in [-0.39, 0.29) is 29.3 Å². The van der Waals surface area contributed by atoms with Gasteiger partial charge in [0.05, 0.1) is 24.1 Å². The zero-order valence-corrected chi connectivity index (χ0v) is 27.5. The summed E-state index contributed by atoms with van der Waals surface area (Å²) < 4.78 is 6.47. The van der Waals surface area contributed by atoms with Crippen molar-refractivity contribution in [2.24, 2.45) is 29.4 Å². The minimum Gasteiger partial charge on any atom is -0.504 e. The van der Waals surface area contributed by atoms with Crippen LogP contribution >= 0.6 is 0 Å². The van der Waals surface area contributed by atoms with E-state index >= 15 is 0 Å². The largest absolute Gasteiger partial charge is 0.504 e. The molecule has 0 saturated heterocycles. The van der Waals surface area contributed by atoms with Crippen LogP contribution in [0.5, 0.6) is 11.5 Å². The number of nitrogens with one attached hydrogen (secondary N) is 2. The molecule has 3 aliphatic rings. The lowest BCUT2D eigenvalue weighted by molar-refractivity contribution is -0.108. The van der Waals surface area contributed by atoms with Crippen LogP contribution in [0.25, 0.3) is 0 Å². The van der Waals surface area contributed by atoms with Crippen LogP contribution in [0.1, 0.15) is 76.0 Å². The Morgan fingerprint density at radius 1 is 1.04 bits per heavy atom. The van der Waals surface area contributed by atoms with Crippen molar-refractivity contribution < 1.29 is 30.3 Å². The number of rotatable bonds is 11. The Morgan fingerprint density at radius 2 is 1.87 bits per heavy atom. The summed E-state index contributed by atoms with van der Waals surface area (Å²) in [7, 11) is 0. The molecular weight excluding hydrogens is 594 g/mol. The molecule has 0 bridgehead atoms. The Balaban J connectivity index is 1.33. The Hall–Kier alpha value is -3.42. The molecule has 0 amide bonds. The van der Waals surface area contributed by atoms with Gasteiger partial charge in [-0.15, -0.1) is 5.92 Å². The van der Waals surface area contributed by atoms with E-state index in [1.807, 2.05) is 24.4 Å². The molecule has 0 unspecified atom stereocenters. The summed E-state index contributed by atoms with van der Waals surface area (Å²) in [5.41, 5.74) is 9.10. The van der Waals surface area contributed by atoms with Crippen molar-refractivity contribution in [3.05, 3.63) is 71.3 Å². The molecule has 0 spiro atoms. The number of benzene rings is 1. The van der Waals surface area contributed by atoms with Crippen molar-refractivity contribution in [3.8, 4) is 23.3 Å². The fourth-order valence-electron chi connectivity index (χ4n) is 7.51. The van der Waals surface area contributed by atoms with E-state index in [1.165, 1.54) is 0 Å². The summed E-state index contributed by atoms with van der Waals surface area (Å²) in [6.07, 6.45) is 9.46. The van der Waals surface area contributed by atoms with Crippen molar-refractivity contribution >= 4 is 0 Å². The average molecular weight is 648 g/mol. The average Bonchev–Trinajstić information content (AvgIpc) is 3.59. The molecular formula is C38H53N3O6. The molecule has 1 aromatic carbocycles. The van der Waals surface area contributed by atoms with Gasteiger partial charge in [-0.25, -0.2) is 0 Å². The lowest BCUT2D eigenvalue weighted by atomic mass is 9.70. The van der Waals surface area contributed by atoms with Gasteiger partial charge in [0.25, 0.3) is 0 Å². The van der Waals surface area contributed by atoms with E-state index in [9.17, 15) is 25.5 Å². The first kappa shape index (κ1) is 34.9. The molecule has 5 rings (SSSR count). The van der Waals surface area contributed by atoms with Gasteiger partial charge in [-0.1, -0.05) is 37.8 Å². The van der Waals surface area contributed by atoms with Crippen LogP contribution in [-0.4, -0.2) is 67.6 Å². The number of phenolic OH excluding ortho intramolecular Hbond substituents is 1. The number of hydrogen-bond donors (Lipinski definition) is 8. The lowest BCUT2D eigenvalue weighted by Crippen LogP contribution is -2.52. The molecule has 1 fully saturated rings. The number of aliphatic hydroxyl groups excluding tert-OH is 4. The summed E-state index contributed by atoms with van der Waals surface area (Å²) in [5.74, 6) is 7.14. The number of H-pyrrole nitrogens is 1. The fraction of sp³-hybridized carbons (Fsp3) is 0.579. The fourth-order valence-corrected chi connectivity index (χ4v) is 7.51. The molecule has 2 aromatic rings. The van der Waals surface area contributed by atoms with Crippen LogP contribution < -0.4 is 15.8 Å². The van der Waals surface area contributed by atoms with Crippen molar-refractivity contribution in [2.45, 2.75) is 108 Å². The van der Waals surface area contributed by atoms with Crippen LogP contribution in [0, 0.1) is 35.5 Å². The number of nitrogens with two attached hydrogens (primary N) is 1. The number of aromatic nitrogens is 1. The van der Waals surface area contributed by atoms with Crippen LogP contribution in [0.4, 0.5) is 0 Å². The minimum absolute atomic E-state index is 0.0602. The van der Waals surface area contributed by atoms with Crippen LogP contribution in [0.3, 0.4) is 0 Å². The molecule has 9 atom stereocenters. The van der Waals surface area contributed by atoms with Crippen molar-refractivity contribution in [1.82, 2.24) is 10.3 Å². The third-order valence-electron chi connectivity index (χ3n) is 10.4. The predicted octanol–water partition coefficient (Wildman–Crippen LogP) is 4.05. The zero-order chi connectivity index (χ0) is 33.3. The molecule has 1 aromatic heterocycles. The van der Waals surface area contributed by atoms with E-state index in [4.69, 9.17) is 10.5 Å². The molecule has 9 heteroatoms. The van der Waals surface area contributed by atoms with E-state index in [1.54, 1.807) is 18.2 Å². The van der Waals surface area contributed by atoms with Crippen LogP contribution in [0.2, 0.25) is 0 Å². The number of aromatic amines is 1. The summed E-state index contributed by atoms with van der Waals surface area (Å²) in [6.45, 7) is 2.75. The maximum Gasteiger partial charge on any atom is 0.161 e. The van der Waals surface area contributed by atoms with Gasteiger partial charge < -0.3 is 46.3 Å². The van der Waals surface area contributed by atoms with Gasteiger partial charge >= 0.3 is 0 Å². The quantitative estimate of drug-likeness (QED) is 0.169. The normalized spacial score (nSPS) is 29.7. The van der Waals surface area contributed by atoms with E-state index in [0.29, 0.717) is 63.2 Å². The van der Waals surface area contributed by atoms with Crippen molar-refractivity contribution in [2.75, 3.05) is 6.54 Å². The molecule has 256 valence electrons. The van der Waals surface area contributed by atoms with Crippen molar-refractivity contribution in [1.29, 1.82) is 0 Å². The van der Waals surface area contributed by atoms with Gasteiger partial charge in [-0.3, -0.25) is 0 Å². The minimum atomic E-state index is -1.16. The van der Waals surface area contributed by atoms with Gasteiger partial charge in [0, 0.05) is 42.6 Å². The molecule has 1 saturated carbocycles. The Morgan fingerprint density at radius 3 is 2.64 bits per heavy atom. The number of ether oxygens (including phenoxy) is 1. The topological polar surface area (TPSA) is 164 Å². The van der Waals surface area contributed by atoms with Crippen molar-refractivity contribution in [3.63, 3.8) is 0 Å². The number of aliphatic hydroxyl groups is 4. The summed E-state index contributed by atoms with van der Waals surface area (Å²) in [5, 5.41) is 58.2. The smallest absolute Gasteiger partial charge is 0.161 e. The highest BCUT2D eigenvalue weighted by atomic mass is 16.5. The first-order valence-corrected chi connectivity index (χ1v) is 17.5. The summed E-state index contributed by atoms with van der Waals surface area (Å²) in [4.78, 5) is 3.29. The zero-order valence-electron chi connectivity index (χ0n) is 27.5. The molecule has 0 radical (unpaired) electrons. The molecule has 47 heavy (non-hydrogen) atoms. The maximum atomic E-state index is 11.3. The van der Waals surface area contributed by atoms with E-state index in [2.05, 4.69) is 35.1 Å². The van der Waals surface area contributed by atoms with Crippen LogP contribution in [0.15, 0.2) is 60.1 Å². The first-order chi connectivity index (χ1) is 22.7. The van der Waals surface area contributed by atoms with E-state index < -0.39 is 30.5 Å². The molecule has 2 heterocycles. The number of allylic oxidation sites excluding steroid dienone is 2. The second-order valence-corrected chi connectivity index (χ2v) is 13.6. The number of phenols is 1. The van der Waals surface area contributed by atoms with Gasteiger partial charge in [-0.2, -0.15) is 0 Å². The highest BCUT2D eigenvalue weighted by Gasteiger charge is 2.44. The van der Waals surface area contributed by atoms with Gasteiger partial charge in [0.1, 0.15) is 12.2 Å². The molecule has 1 aliphatic heterocycles. The Bertz CT molecular complexity index is 1410. The second-order valence-electron chi connectivity index (χ2n) is 13.6. The SMILES string of the molecule is CC[C@H]1C#CC[C@H]([C@H](O)CCc2ccc(O)c(O[C@@H]3[C@@H](O)[C@@H](O)CC[C@H]3[C@H](Cc3ccc[nH]3)C3=CCNC(N)=C3)c2)[C@@H](O)CCCC1. The number of aryl methyl sites for hydroxylation is 1. The van der Waals surface area contributed by atoms with Gasteiger partial charge in [0.2, 0.25) is 0 Å². The monoisotopic (exact) mass is 647 g/mol.